The summed E-state index contributed by atoms with van der Waals surface area (Å²) in [5.74, 6) is 0.762. The molecule has 1 fully saturated rings. The second-order valence-corrected chi connectivity index (χ2v) is 8.44. The van der Waals surface area contributed by atoms with Gasteiger partial charge in [0, 0.05) is 23.5 Å². The van der Waals surface area contributed by atoms with Gasteiger partial charge in [0.15, 0.2) is 0 Å². The van der Waals surface area contributed by atoms with Crippen LogP contribution in [0, 0.1) is 0 Å². The maximum absolute atomic E-state index is 6.29. The number of nitrogen functional groups attached to an aromatic ring is 1. The van der Waals surface area contributed by atoms with Gasteiger partial charge in [-0.15, -0.1) is 10.2 Å². The molecule has 0 aliphatic heterocycles. The Labute approximate surface area is 189 Å². The monoisotopic (exact) mass is 454 g/mol. The first-order valence-corrected chi connectivity index (χ1v) is 10.9. The molecule has 1 aliphatic rings. The quantitative estimate of drug-likeness (QED) is 0.402. The van der Waals surface area contributed by atoms with Crippen LogP contribution in [0.3, 0.4) is 0 Å². The summed E-state index contributed by atoms with van der Waals surface area (Å²) < 4.78 is 8.00. The second kappa shape index (κ2) is 8.32. The number of anilines is 1. The molecule has 1 aromatic carbocycles. The Morgan fingerprint density at radius 1 is 0.968 bits per heavy atom. The van der Waals surface area contributed by atoms with Gasteiger partial charge in [0.2, 0.25) is 0 Å². The van der Waals surface area contributed by atoms with Gasteiger partial charge in [-0.05, 0) is 31.0 Å². The van der Waals surface area contributed by atoms with Gasteiger partial charge in [0.05, 0.1) is 33.4 Å². The molecular weight excluding hydrogens is 435 g/mol. The second-order valence-electron chi connectivity index (χ2n) is 7.63. The van der Waals surface area contributed by atoms with Crippen molar-refractivity contribution in [2.45, 2.75) is 38.1 Å². The lowest BCUT2D eigenvalue weighted by molar-refractivity contribution is 0.329. The van der Waals surface area contributed by atoms with Crippen molar-refractivity contribution < 1.29 is 4.42 Å². The van der Waals surface area contributed by atoms with Crippen LogP contribution >= 0.6 is 23.2 Å². The fourth-order valence-corrected chi connectivity index (χ4v) is 4.65. The van der Waals surface area contributed by atoms with Crippen LogP contribution < -0.4 is 5.73 Å². The third-order valence-electron chi connectivity index (χ3n) is 5.66. The summed E-state index contributed by atoms with van der Waals surface area (Å²) >= 11 is 12.6. The van der Waals surface area contributed by atoms with Crippen molar-refractivity contribution >= 4 is 29.0 Å². The third-order valence-corrected chi connectivity index (χ3v) is 6.29. The van der Waals surface area contributed by atoms with Crippen molar-refractivity contribution in [3.8, 4) is 34.0 Å². The maximum Gasteiger partial charge on any atom is 0.252 e. The van der Waals surface area contributed by atoms with E-state index in [0.717, 1.165) is 24.0 Å². The van der Waals surface area contributed by atoms with E-state index in [0.29, 0.717) is 33.0 Å². The first-order chi connectivity index (χ1) is 15.1. The average molecular weight is 455 g/mol. The number of benzene rings is 1. The minimum atomic E-state index is 0.220. The highest BCUT2D eigenvalue weighted by atomic mass is 35.5. The summed E-state index contributed by atoms with van der Waals surface area (Å²) in [5.41, 5.74) is 9.03. The first kappa shape index (κ1) is 20.0. The predicted octanol–water partition coefficient (Wildman–Crippen LogP) is 6.06. The molecule has 9 heteroatoms. The molecule has 0 radical (unpaired) electrons. The molecule has 7 nitrogen and oxygen atoms in total. The lowest BCUT2D eigenvalue weighted by atomic mass is 9.96. The molecule has 0 saturated heterocycles. The molecule has 1 aliphatic carbocycles. The van der Waals surface area contributed by atoms with Gasteiger partial charge in [0.25, 0.3) is 11.8 Å². The maximum atomic E-state index is 6.29. The Bertz CT molecular complexity index is 1210. The molecule has 0 atom stereocenters. The van der Waals surface area contributed by atoms with Crippen LogP contribution in [0.2, 0.25) is 10.0 Å². The zero-order valence-electron chi connectivity index (χ0n) is 16.6. The van der Waals surface area contributed by atoms with Crippen LogP contribution in [0.15, 0.2) is 47.3 Å². The van der Waals surface area contributed by atoms with Crippen LogP contribution in [-0.4, -0.2) is 25.0 Å². The Balaban J connectivity index is 1.55. The van der Waals surface area contributed by atoms with Crippen molar-refractivity contribution in [1.82, 2.24) is 25.0 Å². The third kappa shape index (κ3) is 3.79. The molecule has 3 heterocycles. The molecule has 158 valence electrons. The van der Waals surface area contributed by atoms with E-state index in [2.05, 4.69) is 31.2 Å². The number of rotatable bonds is 4. The van der Waals surface area contributed by atoms with Crippen LogP contribution in [0.4, 0.5) is 5.82 Å². The normalized spacial score (nSPS) is 14.8. The highest BCUT2D eigenvalue weighted by Gasteiger charge is 2.23. The van der Waals surface area contributed by atoms with Gasteiger partial charge in [-0.25, -0.2) is 4.98 Å². The zero-order chi connectivity index (χ0) is 21.4. The average Bonchev–Trinajstić information content (AvgIpc) is 3.44. The predicted molar refractivity (Wildman–Crippen MR) is 121 cm³/mol. The molecule has 0 amide bonds. The molecule has 0 unspecified atom stereocenters. The van der Waals surface area contributed by atoms with Gasteiger partial charge >= 0.3 is 0 Å². The van der Waals surface area contributed by atoms with E-state index in [9.17, 15) is 0 Å². The minimum absolute atomic E-state index is 0.220. The summed E-state index contributed by atoms with van der Waals surface area (Å²) in [5, 5.41) is 13.8. The number of halogens is 2. The lowest BCUT2D eigenvalue weighted by Crippen LogP contribution is -2.12. The molecule has 2 N–H and O–H groups in total. The lowest BCUT2D eigenvalue weighted by Gasteiger charge is -2.21. The fourth-order valence-electron chi connectivity index (χ4n) is 4.09. The van der Waals surface area contributed by atoms with Crippen molar-refractivity contribution in [1.29, 1.82) is 0 Å². The molecule has 0 bridgehead atoms. The highest BCUT2D eigenvalue weighted by molar-refractivity contribution is 6.38. The molecule has 1 saturated carbocycles. The van der Waals surface area contributed by atoms with E-state index in [1.807, 2.05) is 12.3 Å². The molecular formula is C22H20Cl2N6O. The van der Waals surface area contributed by atoms with Crippen molar-refractivity contribution in [2.24, 2.45) is 0 Å². The largest absolute Gasteiger partial charge is 0.416 e. The molecule has 0 spiro atoms. The van der Waals surface area contributed by atoms with E-state index in [4.69, 9.17) is 33.4 Å². The van der Waals surface area contributed by atoms with Crippen molar-refractivity contribution in [3.05, 3.63) is 52.9 Å². The minimum Gasteiger partial charge on any atom is -0.416 e. The van der Waals surface area contributed by atoms with Crippen LogP contribution in [-0.2, 0) is 0 Å². The Morgan fingerprint density at radius 3 is 2.42 bits per heavy atom. The van der Waals surface area contributed by atoms with Gasteiger partial charge in [0.1, 0.15) is 5.82 Å². The number of nitrogens with zero attached hydrogens (tertiary/aromatic N) is 5. The van der Waals surface area contributed by atoms with Gasteiger partial charge < -0.3 is 10.2 Å². The number of nitrogens with two attached hydrogens (primary N) is 1. The summed E-state index contributed by atoms with van der Waals surface area (Å²) in [6, 6.07) is 7.50. The zero-order valence-corrected chi connectivity index (χ0v) is 18.1. The molecule has 3 aromatic heterocycles. The number of pyridine rings is 1. The van der Waals surface area contributed by atoms with Gasteiger partial charge in [-0.2, -0.15) is 5.10 Å². The van der Waals surface area contributed by atoms with Crippen LogP contribution in [0.1, 0.15) is 38.1 Å². The van der Waals surface area contributed by atoms with Crippen LogP contribution in [0.25, 0.3) is 34.0 Å². The van der Waals surface area contributed by atoms with Crippen LogP contribution in [0.5, 0.6) is 0 Å². The van der Waals surface area contributed by atoms with Gasteiger partial charge in [-0.1, -0.05) is 48.5 Å². The Morgan fingerprint density at radius 2 is 1.68 bits per heavy atom. The fraction of sp³-hybridized carbons (Fsp3) is 0.273. The molecule has 4 aromatic rings. The molecule has 31 heavy (non-hydrogen) atoms. The summed E-state index contributed by atoms with van der Waals surface area (Å²) in [7, 11) is 0. The first-order valence-electron chi connectivity index (χ1n) is 10.2. The van der Waals surface area contributed by atoms with Crippen molar-refractivity contribution in [3.63, 3.8) is 0 Å². The van der Waals surface area contributed by atoms with E-state index >= 15 is 0 Å². The van der Waals surface area contributed by atoms with Crippen molar-refractivity contribution in [2.75, 3.05) is 5.73 Å². The molecule has 5 rings (SSSR count). The smallest absolute Gasteiger partial charge is 0.252 e. The standard InChI is InChI=1S/C22H20Cl2N6O/c23-16-7-4-8-17(24)19(16)22-29-28-21(31-22)18-15(9-10-26-20(18)25)13-11-27-30(12-13)14-5-2-1-3-6-14/h4,7-12,14H,1-3,5-6H2,(H2,25,26). The summed E-state index contributed by atoms with van der Waals surface area (Å²) in [4.78, 5) is 4.23. The van der Waals surface area contributed by atoms with E-state index in [1.165, 1.54) is 19.3 Å². The number of hydrogen-bond donors (Lipinski definition) is 1. The number of hydrogen-bond acceptors (Lipinski definition) is 6. The van der Waals surface area contributed by atoms with E-state index in [1.54, 1.807) is 24.4 Å². The topological polar surface area (TPSA) is 95.7 Å². The summed E-state index contributed by atoms with van der Waals surface area (Å²) in [6.07, 6.45) is 11.6. The highest BCUT2D eigenvalue weighted by Crippen LogP contribution is 2.39. The van der Waals surface area contributed by atoms with Gasteiger partial charge in [-0.3, -0.25) is 4.68 Å². The van der Waals surface area contributed by atoms with E-state index in [-0.39, 0.29) is 11.8 Å². The number of aromatic nitrogens is 5. The SMILES string of the molecule is Nc1nccc(-c2cnn(C3CCCCC3)c2)c1-c1nnc(-c2c(Cl)cccc2Cl)o1. The van der Waals surface area contributed by atoms with E-state index < -0.39 is 0 Å². The summed E-state index contributed by atoms with van der Waals surface area (Å²) in [6.45, 7) is 0. The Kier molecular flexibility index (Phi) is 5.38. The Hall–Kier alpha value is -2.90.